The quantitative estimate of drug-likeness (QED) is 0.250. The Labute approximate surface area is 240 Å². The number of carbonyl (C=O) groups excluding carboxylic acids is 5. The molecule has 11 nitrogen and oxygen atoms in total. The first-order valence-electron chi connectivity index (χ1n) is 13.6. The molecule has 1 aromatic carbocycles. The topological polar surface area (TPSA) is 143 Å². The van der Waals surface area contributed by atoms with E-state index in [9.17, 15) is 24.0 Å². The Morgan fingerprint density at radius 1 is 1.18 bits per heavy atom. The van der Waals surface area contributed by atoms with Gasteiger partial charge in [0.2, 0.25) is 5.91 Å². The van der Waals surface area contributed by atoms with Crippen LogP contribution in [-0.4, -0.2) is 73.7 Å². The first-order valence-corrected chi connectivity index (χ1v) is 14.0. The summed E-state index contributed by atoms with van der Waals surface area (Å²) in [5.74, 6) is -0.717. The van der Waals surface area contributed by atoms with Gasteiger partial charge in [0.15, 0.2) is 0 Å². The van der Waals surface area contributed by atoms with E-state index in [4.69, 9.17) is 21.1 Å². The van der Waals surface area contributed by atoms with Gasteiger partial charge in [0.1, 0.15) is 25.2 Å². The van der Waals surface area contributed by atoms with Gasteiger partial charge in [0, 0.05) is 25.0 Å². The summed E-state index contributed by atoms with van der Waals surface area (Å²) in [4.78, 5) is 66.4. The lowest BCUT2D eigenvalue weighted by Gasteiger charge is -2.22. The van der Waals surface area contributed by atoms with Crippen LogP contribution >= 0.6 is 11.6 Å². The number of aliphatic imine (C=N–C) groups is 1. The second-order valence-corrected chi connectivity index (χ2v) is 10.1. The number of hydrogen-bond donors (Lipinski definition) is 2. The summed E-state index contributed by atoms with van der Waals surface area (Å²) in [6.07, 6.45) is 4.47. The van der Waals surface area contributed by atoms with Crippen LogP contribution < -0.4 is 10.6 Å². The van der Waals surface area contributed by atoms with Crippen LogP contribution in [0.3, 0.4) is 0 Å². The number of ether oxygens (including phenoxy) is 2. The fourth-order valence-electron chi connectivity index (χ4n) is 4.26. The molecule has 0 unspecified atom stereocenters. The number of benzene rings is 1. The minimum atomic E-state index is -0.949. The average Bonchev–Trinajstić information content (AvgIpc) is 2.94. The van der Waals surface area contributed by atoms with Gasteiger partial charge in [-0.15, -0.1) is 0 Å². The fourth-order valence-corrected chi connectivity index (χ4v) is 4.47. The molecule has 0 aromatic heterocycles. The summed E-state index contributed by atoms with van der Waals surface area (Å²) >= 11 is 5.97. The fraction of sp³-hybridized carbons (Fsp3) is 0.571. The second kappa shape index (κ2) is 18.0. The zero-order valence-electron chi connectivity index (χ0n) is 23.2. The molecule has 220 valence electrons. The largest absolute Gasteiger partial charge is 0.448 e. The van der Waals surface area contributed by atoms with Gasteiger partial charge >= 0.3 is 12.2 Å². The Bertz CT molecular complexity index is 1040. The Morgan fingerprint density at radius 3 is 2.60 bits per heavy atom. The minimum Gasteiger partial charge on any atom is -0.448 e. The van der Waals surface area contributed by atoms with Gasteiger partial charge < -0.3 is 29.8 Å². The van der Waals surface area contributed by atoms with Crippen molar-refractivity contribution in [3.63, 3.8) is 0 Å². The number of likely N-dealkylation sites (N-methyl/N-ethyl adjacent to an activating group) is 1. The third-order valence-corrected chi connectivity index (χ3v) is 6.74. The molecule has 1 aliphatic rings. The summed E-state index contributed by atoms with van der Waals surface area (Å²) in [5, 5.41) is 5.59. The lowest BCUT2D eigenvalue weighted by molar-refractivity contribution is -0.131. The van der Waals surface area contributed by atoms with Crippen molar-refractivity contribution in [2.24, 2.45) is 10.9 Å². The molecule has 0 spiro atoms. The summed E-state index contributed by atoms with van der Waals surface area (Å²) in [7, 11) is 1.56. The van der Waals surface area contributed by atoms with Crippen LogP contribution in [0.1, 0.15) is 63.9 Å². The molecule has 0 radical (unpaired) electrons. The van der Waals surface area contributed by atoms with Crippen molar-refractivity contribution in [3.05, 3.63) is 34.9 Å². The maximum absolute atomic E-state index is 13.1. The molecular weight excluding hydrogens is 540 g/mol. The maximum atomic E-state index is 13.1. The second-order valence-electron chi connectivity index (χ2n) is 9.69. The lowest BCUT2D eigenvalue weighted by Crippen LogP contribution is -2.42. The first-order chi connectivity index (χ1) is 19.2. The number of rotatable bonds is 14. The molecule has 0 saturated heterocycles. The number of nitrogens with zero attached hydrogens (tertiary/aromatic N) is 2. The molecule has 1 atom stereocenters. The Morgan fingerprint density at radius 2 is 1.93 bits per heavy atom. The van der Waals surface area contributed by atoms with Gasteiger partial charge in [-0.1, -0.05) is 55.8 Å². The van der Waals surface area contributed by atoms with Gasteiger partial charge in [-0.2, -0.15) is 4.99 Å². The van der Waals surface area contributed by atoms with E-state index in [0.29, 0.717) is 23.4 Å². The predicted molar refractivity (Wildman–Crippen MR) is 150 cm³/mol. The third kappa shape index (κ3) is 12.6. The molecule has 1 fully saturated rings. The van der Waals surface area contributed by atoms with Crippen LogP contribution in [0.25, 0.3) is 0 Å². The molecule has 1 aromatic rings. The smallest absolute Gasteiger partial charge is 0.434 e. The number of hydrogen-bond acceptors (Lipinski definition) is 7. The van der Waals surface area contributed by atoms with Crippen LogP contribution in [0.15, 0.2) is 29.3 Å². The molecule has 2 rings (SSSR count). The highest BCUT2D eigenvalue weighted by Gasteiger charge is 2.24. The molecule has 1 saturated carbocycles. The van der Waals surface area contributed by atoms with E-state index in [2.05, 4.69) is 15.6 Å². The van der Waals surface area contributed by atoms with Crippen LogP contribution in [0.4, 0.5) is 9.59 Å². The Hall–Kier alpha value is -3.47. The molecule has 0 bridgehead atoms. The number of carbonyl (C=O) groups is 5. The van der Waals surface area contributed by atoms with Crippen LogP contribution in [-0.2, 0) is 30.5 Å². The molecule has 0 aliphatic heterocycles. The Kier molecular flexibility index (Phi) is 14.7. The highest BCUT2D eigenvalue weighted by atomic mass is 35.5. The summed E-state index contributed by atoms with van der Waals surface area (Å²) in [6.45, 7) is 2.35. The first kappa shape index (κ1) is 32.7. The Balaban J connectivity index is 1.94. The van der Waals surface area contributed by atoms with Crippen LogP contribution in [0.5, 0.6) is 0 Å². The molecule has 1 aliphatic carbocycles. The number of nitrogens with one attached hydrogen (secondary N) is 2. The number of halogens is 1. The van der Waals surface area contributed by atoms with Gasteiger partial charge in [-0.3, -0.25) is 9.59 Å². The van der Waals surface area contributed by atoms with E-state index in [0.717, 1.165) is 32.1 Å². The predicted octanol–water partition coefficient (Wildman–Crippen LogP) is 4.06. The number of alkyl carbamates (subject to hydrolysis) is 1. The van der Waals surface area contributed by atoms with Crippen molar-refractivity contribution in [1.29, 1.82) is 0 Å². The van der Waals surface area contributed by atoms with Crippen molar-refractivity contribution >= 4 is 47.6 Å². The van der Waals surface area contributed by atoms with E-state index in [1.165, 1.54) is 4.90 Å². The molecule has 2 N–H and O–H groups in total. The highest BCUT2D eigenvalue weighted by Crippen LogP contribution is 2.27. The van der Waals surface area contributed by atoms with Crippen molar-refractivity contribution in [2.45, 2.75) is 70.9 Å². The maximum Gasteiger partial charge on any atom is 0.434 e. The van der Waals surface area contributed by atoms with E-state index in [1.54, 1.807) is 38.2 Å². The highest BCUT2D eigenvalue weighted by molar-refractivity contribution is 6.40. The van der Waals surface area contributed by atoms with Crippen LogP contribution in [0.2, 0.25) is 5.02 Å². The number of aldehydes is 1. The molecule has 12 heteroatoms. The van der Waals surface area contributed by atoms with E-state index >= 15 is 0 Å². The summed E-state index contributed by atoms with van der Waals surface area (Å²) < 4.78 is 10.2. The monoisotopic (exact) mass is 578 g/mol. The zero-order valence-corrected chi connectivity index (χ0v) is 23.9. The summed E-state index contributed by atoms with van der Waals surface area (Å²) in [5.41, 5.74) is 0.682. The van der Waals surface area contributed by atoms with Crippen molar-refractivity contribution in [1.82, 2.24) is 15.5 Å². The SMILES string of the molecule is CCNC(=O)OCCN(C)C(=O)CC[C@@H](C=O)NC(=O)/C(CC1CCCCC1)=N/C(=O)OCc1cccc(Cl)c1. The van der Waals surface area contributed by atoms with Crippen molar-refractivity contribution in [2.75, 3.05) is 26.7 Å². The lowest BCUT2D eigenvalue weighted by atomic mass is 9.85. The van der Waals surface area contributed by atoms with Crippen LogP contribution in [0, 0.1) is 5.92 Å². The van der Waals surface area contributed by atoms with Crippen molar-refractivity contribution < 1.29 is 33.4 Å². The van der Waals surface area contributed by atoms with E-state index in [1.807, 2.05) is 0 Å². The van der Waals surface area contributed by atoms with Crippen molar-refractivity contribution in [3.8, 4) is 0 Å². The zero-order chi connectivity index (χ0) is 29.3. The molecular formula is C28H39ClN4O7. The minimum absolute atomic E-state index is 0.000735. The van der Waals surface area contributed by atoms with Gasteiger partial charge in [-0.05, 0) is 43.4 Å². The van der Waals surface area contributed by atoms with Gasteiger partial charge in [0.25, 0.3) is 5.91 Å². The standard InChI is InChI=1S/C28H39ClN4O7/c1-3-30-27(37)39-15-14-33(2)25(35)13-12-23(18-34)31-26(36)24(17-20-8-5-4-6-9-20)32-28(38)40-19-21-10-7-11-22(29)16-21/h7,10-11,16,18,20,23H,3-6,8-9,12-15,17,19H2,1-2H3,(H,30,37)(H,31,36)/b32-24+/t23-/m0/s1. The van der Waals surface area contributed by atoms with E-state index in [-0.39, 0.29) is 56.6 Å². The van der Waals surface area contributed by atoms with Gasteiger partial charge in [-0.25, -0.2) is 9.59 Å². The summed E-state index contributed by atoms with van der Waals surface area (Å²) in [6, 6.07) is 5.91. The number of amides is 4. The van der Waals surface area contributed by atoms with Gasteiger partial charge in [0.05, 0.1) is 12.6 Å². The molecule has 0 heterocycles. The van der Waals surface area contributed by atoms with E-state index < -0.39 is 24.1 Å². The molecule has 4 amide bonds. The average molecular weight is 579 g/mol. The normalized spacial score (nSPS) is 14.5. The molecule has 40 heavy (non-hydrogen) atoms. The third-order valence-electron chi connectivity index (χ3n) is 6.50.